The lowest BCUT2D eigenvalue weighted by atomic mass is 9.92. The number of hydrogen-bond donors (Lipinski definition) is 3. The molecule has 0 bridgehead atoms. The number of nitrogens with zero attached hydrogens (tertiary/aromatic N) is 7. The van der Waals surface area contributed by atoms with Crippen molar-refractivity contribution in [2.24, 2.45) is 27.7 Å². The molecule has 7 amide bonds. The van der Waals surface area contributed by atoms with Crippen molar-refractivity contribution < 1.29 is 90.5 Å². The molecule has 608 valence electrons. The summed E-state index contributed by atoms with van der Waals surface area (Å²) in [6, 6.07) is 21.7. The normalized spacial score (nSPS) is 17.8. The number of amides is 7. The molecule has 0 radical (unpaired) electrons. The number of likely N-dealkylation sites (N-methyl/N-ethyl adjacent to an activating group) is 1. The monoisotopic (exact) mass is 1550 g/mol. The van der Waals surface area contributed by atoms with Gasteiger partial charge in [-0.25, -0.2) is 0 Å². The number of imide groups is 1. The van der Waals surface area contributed by atoms with Crippen LogP contribution >= 0.6 is 0 Å². The Morgan fingerprint density at radius 1 is 0.562 bits per heavy atom. The molecule has 2 saturated heterocycles. The molecular weight excluding hydrogens is 1440 g/mol. The van der Waals surface area contributed by atoms with Gasteiger partial charge in [0.2, 0.25) is 29.5 Å². The summed E-state index contributed by atoms with van der Waals surface area (Å²) in [5.74, 6) is -1.70. The lowest BCUT2D eigenvalue weighted by Gasteiger charge is -2.34. The third-order valence-electron chi connectivity index (χ3n) is 19.8. The molecule has 3 N–H and O–H groups in total. The number of carbonyl (C=O) groups excluding carboxylic acids is 8. The molecule has 5 atom stereocenters. The molecule has 0 spiro atoms. The first kappa shape index (κ1) is 86.7. The predicted octanol–water partition coefficient (Wildman–Crippen LogP) is 8.28. The zero-order valence-electron chi connectivity index (χ0n) is 65.0. The maximum absolute atomic E-state index is 14.2. The minimum Gasteiger partial charge on any atom is -0.493 e. The van der Waals surface area contributed by atoms with Crippen LogP contribution in [0, 0.1) is 24.7 Å². The van der Waals surface area contributed by atoms with Crippen LogP contribution in [0.3, 0.4) is 0 Å². The average Bonchev–Trinajstić information content (AvgIpc) is 1.61. The number of carbonyl (C=O) groups is 8. The number of methoxy groups -OCH3 is 1. The molecule has 0 saturated carbocycles. The highest BCUT2D eigenvalue weighted by Gasteiger charge is 2.38. The van der Waals surface area contributed by atoms with Crippen molar-refractivity contribution in [3.8, 4) is 17.2 Å². The van der Waals surface area contributed by atoms with Crippen LogP contribution in [0.5, 0.6) is 17.2 Å². The van der Waals surface area contributed by atoms with Gasteiger partial charge in [-0.05, 0) is 84.1 Å². The molecule has 4 aromatic carbocycles. The quantitative estimate of drug-likeness (QED) is 0.0277. The number of ether oxygens (including phenoxy) is 11. The molecule has 4 aromatic rings. The SMILES string of the molecule is C.COc1cc2c(cc1OCCCOc1cc3c(cc1C)C(=O)N1C=C(c4ccc(NC(=O)[C@H](C)CC(=O)C(NC(=O)CCOCCOCCOCCOCCOCCOCCOCCOCCNC(=O)CCN5C(=O)CC(C)C5=O)C(C)C)cc4)C[C@H]1C=N3)N=C[C@@H]1CC(c3ccc(N4CCN(C)CC4)cc3)=CN1C2=O. The van der Waals surface area contributed by atoms with Gasteiger partial charge >= 0.3 is 0 Å². The van der Waals surface area contributed by atoms with Crippen LogP contribution in [-0.4, -0.2) is 270 Å². The summed E-state index contributed by atoms with van der Waals surface area (Å²) in [5, 5.41) is 8.47. The fraction of sp³-hybridized carbons (Fsp3) is 0.542. The van der Waals surface area contributed by atoms with Crippen LogP contribution in [0.15, 0.2) is 95.2 Å². The Morgan fingerprint density at radius 3 is 1.56 bits per heavy atom. The van der Waals surface area contributed by atoms with Crippen molar-refractivity contribution in [2.75, 3.05) is 183 Å². The first-order chi connectivity index (χ1) is 53.8. The molecule has 0 aliphatic carbocycles. The number of anilines is 2. The zero-order chi connectivity index (χ0) is 78.6. The maximum atomic E-state index is 14.2. The van der Waals surface area contributed by atoms with Crippen LogP contribution in [0.1, 0.15) is 117 Å². The van der Waals surface area contributed by atoms with E-state index in [1.165, 1.54) is 5.69 Å². The van der Waals surface area contributed by atoms with Gasteiger partial charge in [0.25, 0.3) is 11.8 Å². The Balaban J connectivity index is 0.0000144. The van der Waals surface area contributed by atoms with Gasteiger partial charge in [0.15, 0.2) is 17.3 Å². The first-order valence-electron chi connectivity index (χ1n) is 38.6. The van der Waals surface area contributed by atoms with E-state index >= 15 is 0 Å². The minimum atomic E-state index is -0.785. The number of aryl methyl sites for hydroxylation is 1. The number of likely N-dealkylation sites (tertiary alicyclic amines) is 1. The van der Waals surface area contributed by atoms with Crippen molar-refractivity contribution in [3.05, 3.63) is 113 Å². The highest BCUT2D eigenvalue weighted by Crippen LogP contribution is 2.41. The van der Waals surface area contributed by atoms with Gasteiger partial charge in [0, 0.05) is 144 Å². The molecule has 2 fully saturated rings. The van der Waals surface area contributed by atoms with Crippen molar-refractivity contribution in [1.82, 2.24) is 30.2 Å². The second kappa shape index (κ2) is 44.2. The topological polar surface area (TPSA) is 315 Å². The van der Waals surface area contributed by atoms with E-state index in [0.29, 0.717) is 177 Å². The summed E-state index contributed by atoms with van der Waals surface area (Å²) >= 11 is 0. The fourth-order valence-electron chi connectivity index (χ4n) is 13.4. The van der Waals surface area contributed by atoms with Crippen LogP contribution in [0.2, 0.25) is 0 Å². The number of rotatable bonds is 47. The Kier molecular flexibility index (Phi) is 34.2. The number of benzene rings is 4. The van der Waals surface area contributed by atoms with E-state index in [0.717, 1.165) is 58.9 Å². The summed E-state index contributed by atoms with van der Waals surface area (Å²) in [6.45, 7) is 19.8. The number of hydrogen-bond acceptors (Lipinski definition) is 23. The fourth-order valence-corrected chi connectivity index (χ4v) is 13.4. The number of nitrogens with one attached hydrogen (secondary N) is 3. The number of Topliss-reactive ketones (excluding diaryl/α,β-unsaturated/α-hetero) is 1. The highest BCUT2D eigenvalue weighted by atomic mass is 16.6. The number of piperazine rings is 1. The minimum absolute atomic E-state index is 0. The van der Waals surface area contributed by atoms with Gasteiger partial charge in [-0.15, -0.1) is 0 Å². The highest BCUT2D eigenvalue weighted by molar-refractivity contribution is 6.07. The standard InChI is InChI=1S/C82H108N10O19.CH4/c1-55(2)78(87-76(95)18-27-102-29-31-104-33-35-106-37-39-108-41-42-109-40-38-107-36-34-105-32-30-103-28-19-83-75(94)17-20-90-77(96)45-58(5)80(90)98)71(93)44-57(4)79(97)86-63-13-9-59(10-14-63)61-46-65-51-84-69-49-72(56(3)43-67(69)81(99)91(65)53-61)110-25-8-26-111-74-50-70-68(48-73(74)101-7)82(100)92-54-62(47-66(92)52-85-70)60-11-15-64(16-12-60)89-23-21-88(6)22-24-89;/h9-16,43,48-55,57-58,65-66,78H,8,17-42,44-47H2,1-7H3,(H,83,94)(H,86,97)(H,87,95);1H4/t57-,58?,65+,66+,78?;/m1./s1. The first-order valence-corrected chi connectivity index (χ1v) is 38.6. The molecule has 10 rings (SSSR count). The van der Waals surface area contributed by atoms with Crippen LogP contribution in [0.4, 0.5) is 22.7 Å². The van der Waals surface area contributed by atoms with Gasteiger partial charge in [0.05, 0.1) is 167 Å². The maximum Gasteiger partial charge on any atom is 0.260 e. The molecule has 29 nitrogen and oxygen atoms in total. The molecule has 6 heterocycles. The van der Waals surface area contributed by atoms with Crippen LogP contribution in [-0.2, 0) is 66.7 Å². The van der Waals surface area contributed by atoms with Crippen molar-refractivity contribution in [2.45, 2.75) is 105 Å². The summed E-state index contributed by atoms with van der Waals surface area (Å²) in [4.78, 5) is 123. The lowest BCUT2D eigenvalue weighted by Crippen LogP contribution is -2.45. The molecule has 6 aliphatic rings. The largest absolute Gasteiger partial charge is 0.493 e. The Morgan fingerprint density at radius 2 is 1.05 bits per heavy atom. The van der Waals surface area contributed by atoms with Crippen molar-refractivity contribution in [1.29, 1.82) is 0 Å². The zero-order valence-corrected chi connectivity index (χ0v) is 65.0. The number of ketones is 1. The van der Waals surface area contributed by atoms with E-state index < -0.39 is 12.0 Å². The van der Waals surface area contributed by atoms with Crippen LogP contribution in [0.25, 0.3) is 11.1 Å². The van der Waals surface area contributed by atoms with E-state index in [4.69, 9.17) is 62.1 Å². The van der Waals surface area contributed by atoms with E-state index in [1.54, 1.807) is 67.3 Å². The molecule has 29 heteroatoms. The van der Waals surface area contributed by atoms with Gasteiger partial charge < -0.3 is 87.7 Å². The number of aliphatic imine (C=N–C) groups is 2. The number of fused-ring (bicyclic) bond motifs is 4. The van der Waals surface area contributed by atoms with Gasteiger partial charge in [-0.1, -0.05) is 59.4 Å². The van der Waals surface area contributed by atoms with Gasteiger partial charge in [-0.2, -0.15) is 0 Å². The van der Waals surface area contributed by atoms with Gasteiger partial charge in [-0.3, -0.25) is 53.2 Å². The lowest BCUT2D eigenvalue weighted by molar-refractivity contribution is -0.139. The molecule has 112 heavy (non-hydrogen) atoms. The van der Waals surface area contributed by atoms with E-state index in [1.807, 2.05) is 57.6 Å². The summed E-state index contributed by atoms with van der Waals surface area (Å²) < 4.78 is 62.4. The van der Waals surface area contributed by atoms with Crippen molar-refractivity contribution >= 4 is 93.5 Å². The third kappa shape index (κ3) is 25.1. The summed E-state index contributed by atoms with van der Waals surface area (Å²) in [5.41, 5.74) is 8.43. The summed E-state index contributed by atoms with van der Waals surface area (Å²) in [6.07, 6.45) is 9.36. The Hall–Kier alpha value is -9.30. The average molecular weight is 1550 g/mol. The predicted molar refractivity (Wildman–Crippen MR) is 424 cm³/mol. The van der Waals surface area contributed by atoms with Gasteiger partial charge in [0.1, 0.15) is 5.75 Å². The molecule has 2 unspecified atom stereocenters. The second-order valence-corrected chi connectivity index (χ2v) is 28.5. The smallest absolute Gasteiger partial charge is 0.260 e. The van der Waals surface area contributed by atoms with Crippen LogP contribution < -0.4 is 35.1 Å². The molecule has 0 aromatic heterocycles. The summed E-state index contributed by atoms with van der Waals surface area (Å²) in [7, 11) is 3.70. The van der Waals surface area contributed by atoms with Crippen molar-refractivity contribution in [3.63, 3.8) is 0 Å². The molecule has 6 aliphatic heterocycles. The van der Waals surface area contributed by atoms with E-state index in [2.05, 4.69) is 57.1 Å². The Labute approximate surface area is 657 Å². The van der Waals surface area contributed by atoms with E-state index in [9.17, 15) is 38.4 Å². The third-order valence-corrected chi connectivity index (χ3v) is 19.8. The second-order valence-electron chi connectivity index (χ2n) is 28.5. The van der Waals surface area contributed by atoms with E-state index in [-0.39, 0.29) is 124 Å². The Bertz CT molecular complexity index is 3950. The molecular formula is C83H112N10O19.